The van der Waals surface area contributed by atoms with Crippen LogP contribution in [0, 0.1) is 5.92 Å². The second kappa shape index (κ2) is 9.42. The van der Waals surface area contributed by atoms with E-state index in [4.69, 9.17) is 16.2 Å². The van der Waals surface area contributed by atoms with Crippen molar-refractivity contribution >= 4 is 17.2 Å². The van der Waals surface area contributed by atoms with E-state index >= 15 is 0 Å². The van der Waals surface area contributed by atoms with Crippen LogP contribution in [-0.4, -0.2) is 25.5 Å². The molecule has 2 aromatic rings. The van der Waals surface area contributed by atoms with Crippen molar-refractivity contribution in [3.63, 3.8) is 0 Å². The van der Waals surface area contributed by atoms with Crippen LogP contribution in [0.25, 0.3) is 0 Å². The van der Waals surface area contributed by atoms with Crippen molar-refractivity contribution in [2.45, 2.75) is 32.1 Å². The van der Waals surface area contributed by atoms with E-state index in [1.54, 1.807) is 24.3 Å². The largest absolute Gasteiger partial charge is 0.493 e. The summed E-state index contributed by atoms with van der Waals surface area (Å²) in [6, 6.07) is 12.3. The molecular weight excluding hydrogens is 338 g/mol. The molecule has 144 valence electrons. The molecule has 27 heavy (non-hydrogen) atoms. The van der Waals surface area contributed by atoms with E-state index in [0.29, 0.717) is 34.9 Å². The second-order valence-electron chi connectivity index (χ2n) is 7.21. The number of ether oxygens (including phenoxy) is 1. The molecule has 5 heteroatoms. The molecule has 0 aromatic heterocycles. The van der Waals surface area contributed by atoms with Gasteiger partial charge in [-0.1, -0.05) is 18.6 Å². The van der Waals surface area contributed by atoms with Crippen molar-refractivity contribution < 1.29 is 9.53 Å². The Kier molecular flexibility index (Phi) is 6.71. The smallest absolute Gasteiger partial charge is 0.196 e. The Labute approximate surface area is 161 Å². The number of para-hydroxylation sites is 1. The third-order valence-corrected chi connectivity index (χ3v) is 5.20. The van der Waals surface area contributed by atoms with Gasteiger partial charge in [0.2, 0.25) is 0 Å². The van der Waals surface area contributed by atoms with Crippen LogP contribution in [0.4, 0.5) is 11.4 Å². The fourth-order valence-electron chi connectivity index (χ4n) is 3.54. The molecule has 1 heterocycles. The number of nitrogens with two attached hydrogens (primary N) is 2. The molecule has 1 saturated heterocycles. The molecule has 2 aromatic carbocycles. The van der Waals surface area contributed by atoms with E-state index in [2.05, 4.69) is 5.32 Å². The first kappa shape index (κ1) is 19.2. The van der Waals surface area contributed by atoms with Gasteiger partial charge < -0.3 is 21.5 Å². The summed E-state index contributed by atoms with van der Waals surface area (Å²) in [5, 5.41) is 3.40. The highest BCUT2D eigenvalue weighted by Crippen LogP contribution is 2.25. The number of rotatable bonds is 8. The molecule has 3 rings (SSSR count). The minimum Gasteiger partial charge on any atom is -0.493 e. The van der Waals surface area contributed by atoms with Crippen molar-refractivity contribution in [2.75, 3.05) is 31.2 Å². The van der Waals surface area contributed by atoms with Gasteiger partial charge in [-0.05, 0) is 75.0 Å². The van der Waals surface area contributed by atoms with Crippen LogP contribution < -0.4 is 21.5 Å². The van der Waals surface area contributed by atoms with Crippen LogP contribution in [0.1, 0.15) is 48.0 Å². The Morgan fingerprint density at radius 3 is 2.59 bits per heavy atom. The second-order valence-corrected chi connectivity index (χ2v) is 7.21. The van der Waals surface area contributed by atoms with Gasteiger partial charge in [0.25, 0.3) is 0 Å². The molecule has 0 aliphatic carbocycles. The standard InChI is InChI=1S/C22H29N3O2/c23-19-9-8-17(15-20(19)24)22(26)18-6-1-2-7-21(18)27-14-4-3-5-16-10-12-25-13-11-16/h1-2,6-9,15-16,25H,3-5,10-14,23-24H2. The quantitative estimate of drug-likeness (QED) is 0.376. The molecule has 0 saturated carbocycles. The minimum absolute atomic E-state index is 0.105. The van der Waals surface area contributed by atoms with Crippen molar-refractivity contribution in [2.24, 2.45) is 5.92 Å². The minimum atomic E-state index is -0.105. The highest BCUT2D eigenvalue weighted by Gasteiger charge is 2.16. The highest BCUT2D eigenvalue weighted by molar-refractivity contribution is 6.11. The summed E-state index contributed by atoms with van der Waals surface area (Å²) < 4.78 is 5.93. The summed E-state index contributed by atoms with van der Waals surface area (Å²) in [6.45, 7) is 2.91. The molecule has 0 atom stereocenters. The van der Waals surface area contributed by atoms with Crippen LogP contribution >= 0.6 is 0 Å². The third-order valence-electron chi connectivity index (χ3n) is 5.20. The first-order valence-corrected chi connectivity index (χ1v) is 9.77. The average molecular weight is 367 g/mol. The topological polar surface area (TPSA) is 90.4 Å². The van der Waals surface area contributed by atoms with E-state index in [1.807, 2.05) is 18.2 Å². The van der Waals surface area contributed by atoms with Crippen LogP contribution in [0.3, 0.4) is 0 Å². The Morgan fingerprint density at radius 1 is 1.04 bits per heavy atom. The van der Waals surface area contributed by atoms with Crippen LogP contribution in [-0.2, 0) is 0 Å². The third kappa shape index (κ3) is 5.23. The summed E-state index contributed by atoms with van der Waals surface area (Å²) in [4.78, 5) is 12.8. The zero-order chi connectivity index (χ0) is 19.1. The van der Waals surface area contributed by atoms with E-state index in [-0.39, 0.29) is 5.78 Å². The fraction of sp³-hybridized carbons (Fsp3) is 0.409. The van der Waals surface area contributed by atoms with Crippen molar-refractivity contribution in [1.82, 2.24) is 5.32 Å². The van der Waals surface area contributed by atoms with Gasteiger partial charge in [-0.15, -0.1) is 0 Å². The lowest BCUT2D eigenvalue weighted by atomic mass is 9.93. The van der Waals surface area contributed by atoms with Crippen molar-refractivity contribution in [1.29, 1.82) is 0 Å². The number of hydrogen-bond donors (Lipinski definition) is 3. The predicted octanol–water partition coefficient (Wildman–Crippen LogP) is 3.63. The van der Waals surface area contributed by atoms with Gasteiger partial charge in [-0.2, -0.15) is 0 Å². The maximum Gasteiger partial charge on any atom is 0.196 e. The number of anilines is 2. The summed E-state index contributed by atoms with van der Waals surface area (Å²) in [7, 11) is 0. The highest BCUT2D eigenvalue weighted by atomic mass is 16.5. The number of hydrogen-bond acceptors (Lipinski definition) is 5. The number of carbonyl (C=O) groups is 1. The van der Waals surface area contributed by atoms with Gasteiger partial charge in [0.1, 0.15) is 5.75 Å². The number of nitrogens with one attached hydrogen (secondary N) is 1. The molecule has 5 N–H and O–H groups in total. The Morgan fingerprint density at radius 2 is 1.81 bits per heavy atom. The number of ketones is 1. The molecule has 1 aliphatic heterocycles. The Hall–Kier alpha value is -2.53. The van der Waals surface area contributed by atoms with Crippen molar-refractivity contribution in [3.8, 4) is 5.75 Å². The number of benzene rings is 2. The molecule has 0 radical (unpaired) electrons. The summed E-state index contributed by atoms with van der Waals surface area (Å²) in [5.41, 5.74) is 13.5. The van der Waals surface area contributed by atoms with Gasteiger partial charge in [0, 0.05) is 5.56 Å². The van der Waals surface area contributed by atoms with Crippen molar-refractivity contribution in [3.05, 3.63) is 53.6 Å². The van der Waals surface area contributed by atoms with E-state index in [0.717, 1.165) is 31.8 Å². The van der Waals surface area contributed by atoms with Gasteiger partial charge in [-0.3, -0.25) is 4.79 Å². The monoisotopic (exact) mass is 367 g/mol. The normalized spacial score (nSPS) is 14.8. The molecule has 1 fully saturated rings. The first-order valence-electron chi connectivity index (χ1n) is 9.77. The Balaban J connectivity index is 1.55. The van der Waals surface area contributed by atoms with Crippen LogP contribution in [0.2, 0.25) is 0 Å². The van der Waals surface area contributed by atoms with E-state index < -0.39 is 0 Å². The zero-order valence-corrected chi connectivity index (χ0v) is 15.7. The Bertz CT molecular complexity index is 770. The molecule has 0 spiro atoms. The van der Waals surface area contributed by atoms with E-state index in [1.165, 1.54) is 19.3 Å². The summed E-state index contributed by atoms with van der Waals surface area (Å²) in [5.74, 6) is 1.36. The number of nitrogen functional groups attached to an aromatic ring is 2. The maximum absolute atomic E-state index is 12.8. The van der Waals surface area contributed by atoms with Gasteiger partial charge in [0.15, 0.2) is 5.78 Å². The lowest BCUT2D eigenvalue weighted by molar-refractivity contribution is 0.103. The first-order chi connectivity index (χ1) is 13.1. The molecule has 0 unspecified atom stereocenters. The van der Waals surface area contributed by atoms with Gasteiger partial charge in [-0.25, -0.2) is 0 Å². The van der Waals surface area contributed by atoms with Gasteiger partial charge >= 0.3 is 0 Å². The SMILES string of the molecule is Nc1ccc(C(=O)c2ccccc2OCCCCC2CCNCC2)cc1N. The maximum atomic E-state index is 12.8. The number of carbonyl (C=O) groups excluding carboxylic acids is 1. The lowest BCUT2D eigenvalue weighted by Crippen LogP contribution is -2.27. The van der Waals surface area contributed by atoms with Crippen LogP contribution in [0.5, 0.6) is 5.75 Å². The number of unbranched alkanes of at least 4 members (excludes halogenated alkanes) is 1. The predicted molar refractivity (Wildman–Crippen MR) is 110 cm³/mol. The molecule has 1 aliphatic rings. The average Bonchev–Trinajstić information content (AvgIpc) is 2.70. The summed E-state index contributed by atoms with van der Waals surface area (Å²) >= 11 is 0. The molecular formula is C22H29N3O2. The van der Waals surface area contributed by atoms with E-state index in [9.17, 15) is 4.79 Å². The lowest BCUT2D eigenvalue weighted by Gasteiger charge is -2.22. The fourth-order valence-corrected chi connectivity index (χ4v) is 3.54. The van der Waals surface area contributed by atoms with Crippen LogP contribution in [0.15, 0.2) is 42.5 Å². The summed E-state index contributed by atoms with van der Waals surface area (Å²) in [6.07, 6.45) is 5.98. The zero-order valence-electron chi connectivity index (χ0n) is 15.7. The molecule has 0 bridgehead atoms. The molecule has 0 amide bonds. The van der Waals surface area contributed by atoms with Gasteiger partial charge in [0.05, 0.1) is 23.5 Å². The number of piperidine rings is 1. The molecule has 5 nitrogen and oxygen atoms in total.